The van der Waals surface area contributed by atoms with Gasteiger partial charge in [-0.3, -0.25) is 4.99 Å². The van der Waals surface area contributed by atoms with E-state index >= 15 is 0 Å². The molecule has 0 bridgehead atoms. The van der Waals surface area contributed by atoms with Crippen LogP contribution in [0.3, 0.4) is 0 Å². The van der Waals surface area contributed by atoms with Crippen LogP contribution in [0.1, 0.15) is 6.42 Å². The van der Waals surface area contributed by atoms with Gasteiger partial charge >= 0.3 is 0 Å². The molecular weight excluding hydrogens is 294 g/mol. The van der Waals surface area contributed by atoms with Crippen molar-refractivity contribution in [1.82, 2.24) is 0 Å². The number of hydrogen-bond donors (Lipinski definition) is 2. The van der Waals surface area contributed by atoms with Crippen LogP contribution in [0.4, 0.5) is 5.69 Å². The van der Waals surface area contributed by atoms with Crippen LogP contribution >= 0.6 is 11.8 Å². The molecule has 0 fully saturated rings. The molecule has 2 aromatic rings. The zero-order chi connectivity index (χ0) is 15.6. The molecule has 116 valence electrons. The fourth-order valence-electron chi connectivity index (χ4n) is 1.86. The molecule has 22 heavy (non-hydrogen) atoms. The van der Waals surface area contributed by atoms with Crippen LogP contribution in [0.2, 0.25) is 0 Å². The van der Waals surface area contributed by atoms with Crippen LogP contribution in [0, 0.1) is 0 Å². The first-order chi connectivity index (χ1) is 10.8. The molecule has 0 aliphatic rings. The summed E-state index contributed by atoms with van der Waals surface area (Å²) < 4.78 is 5.79. The number of anilines is 1. The molecule has 0 atom stereocenters. The predicted molar refractivity (Wildman–Crippen MR) is 96.1 cm³/mol. The van der Waals surface area contributed by atoms with Crippen molar-refractivity contribution in [2.24, 2.45) is 10.7 Å². The maximum absolute atomic E-state index is 5.88. The topological polar surface area (TPSA) is 59.6 Å². The first kappa shape index (κ1) is 16.2. The minimum absolute atomic E-state index is 0.429. The number of ether oxygens (including phenoxy) is 1. The minimum Gasteiger partial charge on any atom is -0.457 e. The van der Waals surface area contributed by atoms with Gasteiger partial charge in [-0.1, -0.05) is 24.3 Å². The van der Waals surface area contributed by atoms with Crippen molar-refractivity contribution in [1.29, 1.82) is 0 Å². The molecule has 0 amide bonds. The number of nitrogens with one attached hydrogen (secondary N) is 1. The standard InChI is InChI=1S/C17H21N3OS/c1-22-12-6-11-19-17(18)20-14-7-5-10-16(13-14)21-15-8-3-2-4-9-15/h2-5,7-10,13H,6,11-12H2,1H3,(H3,18,19,20). The predicted octanol–water partition coefficient (Wildman–Crippen LogP) is 3.96. The number of thioether (sulfide) groups is 1. The lowest BCUT2D eigenvalue weighted by Crippen LogP contribution is -2.22. The molecule has 0 heterocycles. The molecule has 2 rings (SSSR count). The monoisotopic (exact) mass is 315 g/mol. The van der Waals surface area contributed by atoms with Crippen LogP contribution in [0.5, 0.6) is 11.5 Å². The maximum atomic E-state index is 5.88. The summed E-state index contributed by atoms with van der Waals surface area (Å²) in [6.07, 6.45) is 3.12. The van der Waals surface area contributed by atoms with Crippen LogP contribution in [-0.2, 0) is 0 Å². The Morgan fingerprint density at radius 1 is 1.14 bits per heavy atom. The van der Waals surface area contributed by atoms with Gasteiger partial charge in [-0.25, -0.2) is 0 Å². The Balaban J connectivity index is 1.93. The number of hydrogen-bond acceptors (Lipinski definition) is 3. The smallest absolute Gasteiger partial charge is 0.193 e. The van der Waals surface area contributed by atoms with Crippen LogP contribution in [0.25, 0.3) is 0 Å². The minimum atomic E-state index is 0.429. The number of para-hydroxylation sites is 1. The van der Waals surface area contributed by atoms with Crippen molar-refractivity contribution < 1.29 is 4.74 Å². The molecule has 3 N–H and O–H groups in total. The second-order valence-corrected chi connectivity index (χ2v) is 5.67. The van der Waals surface area contributed by atoms with Crippen LogP contribution in [0.15, 0.2) is 59.6 Å². The first-order valence-corrected chi connectivity index (χ1v) is 8.56. The number of nitrogens with zero attached hydrogens (tertiary/aromatic N) is 1. The van der Waals surface area contributed by atoms with Gasteiger partial charge in [0.2, 0.25) is 0 Å². The Morgan fingerprint density at radius 2 is 1.91 bits per heavy atom. The third-order valence-corrected chi connectivity index (χ3v) is 3.57. The average molecular weight is 315 g/mol. The second kappa shape index (κ2) is 9.00. The Morgan fingerprint density at radius 3 is 2.68 bits per heavy atom. The molecule has 0 unspecified atom stereocenters. The highest BCUT2D eigenvalue weighted by Gasteiger charge is 2.00. The molecular formula is C17H21N3OS. The van der Waals surface area contributed by atoms with E-state index in [1.165, 1.54) is 0 Å². The Hall–Kier alpha value is -2.14. The molecule has 0 saturated carbocycles. The fraction of sp³-hybridized carbons (Fsp3) is 0.235. The third-order valence-electron chi connectivity index (χ3n) is 2.87. The number of rotatable bonds is 7. The SMILES string of the molecule is CSCCCN=C(N)Nc1cccc(Oc2ccccc2)c1. The van der Waals surface area contributed by atoms with Gasteiger partial charge in [-0.2, -0.15) is 11.8 Å². The third kappa shape index (κ3) is 5.69. The first-order valence-electron chi connectivity index (χ1n) is 7.17. The summed E-state index contributed by atoms with van der Waals surface area (Å²) >= 11 is 1.81. The lowest BCUT2D eigenvalue weighted by atomic mass is 10.3. The summed E-state index contributed by atoms with van der Waals surface area (Å²) in [4.78, 5) is 4.30. The molecule has 0 aliphatic heterocycles. The van der Waals surface area contributed by atoms with E-state index in [0.717, 1.165) is 35.9 Å². The maximum Gasteiger partial charge on any atom is 0.193 e. The molecule has 0 aromatic heterocycles. The van der Waals surface area contributed by atoms with E-state index in [4.69, 9.17) is 10.5 Å². The van der Waals surface area contributed by atoms with E-state index in [1.54, 1.807) is 0 Å². The van der Waals surface area contributed by atoms with Crippen molar-refractivity contribution in [2.75, 3.05) is 23.9 Å². The number of benzene rings is 2. The summed E-state index contributed by atoms with van der Waals surface area (Å²) in [5.74, 6) is 3.08. The van der Waals surface area contributed by atoms with E-state index in [2.05, 4.69) is 16.6 Å². The van der Waals surface area contributed by atoms with Gasteiger partial charge in [0.05, 0.1) is 0 Å². The van der Waals surface area contributed by atoms with E-state index < -0.39 is 0 Å². The van der Waals surface area contributed by atoms with Crippen LogP contribution < -0.4 is 15.8 Å². The highest BCUT2D eigenvalue weighted by Crippen LogP contribution is 2.23. The summed E-state index contributed by atoms with van der Waals surface area (Å²) in [5.41, 5.74) is 6.74. The number of nitrogens with two attached hydrogens (primary N) is 1. The van der Waals surface area contributed by atoms with E-state index in [0.29, 0.717) is 5.96 Å². The van der Waals surface area contributed by atoms with Gasteiger partial charge in [-0.15, -0.1) is 0 Å². The van der Waals surface area contributed by atoms with Gasteiger partial charge in [0.25, 0.3) is 0 Å². The van der Waals surface area contributed by atoms with E-state index in [1.807, 2.05) is 66.4 Å². The zero-order valence-corrected chi connectivity index (χ0v) is 13.5. The van der Waals surface area contributed by atoms with Crippen molar-refractivity contribution in [3.05, 3.63) is 54.6 Å². The second-order valence-electron chi connectivity index (χ2n) is 4.68. The lowest BCUT2D eigenvalue weighted by Gasteiger charge is -2.09. The van der Waals surface area contributed by atoms with Crippen molar-refractivity contribution >= 4 is 23.4 Å². The van der Waals surface area contributed by atoms with Crippen molar-refractivity contribution in [2.45, 2.75) is 6.42 Å². The molecule has 0 spiro atoms. The summed E-state index contributed by atoms with van der Waals surface area (Å²) in [6.45, 7) is 0.736. The Kier molecular flexibility index (Phi) is 6.64. The van der Waals surface area contributed by atoms with E-state index in [-0.39, 0.29) is 0 Å². The van der Waals surface area contributed by atoms with Gasteiger partial charge in [0.1, 0.15) is 11.5 Å². The molecule has 0 radical (unpaired) electrons. The van der Waals surface area contributed by atoms with Gasteiger partial charge in [0.15, 0.2) is 5.96 Å². The van der Waals surface area contributed by atoms with Gasteiger partial charge in [0, 0.05) is 18.3 Å². The Labute approximate surface area is 135 Å². The number of aliphatic imine (C=N–C) groups is 1. The van der Waals surface area contributed by atoms with Gasteiger partial charge < -0.3 is 15.8 Å². The summed E-state index contributed by atoms with van der Waals surface area (Å²) in [6, 6.07) is 17.3. The quantitative estimate of drug-likeness (QED) is 0.461. The highest BCUT2D eigenvalue weighted by molar-refractivity contribution is 7.98. The largest absolute Gasteiger partial charge is 0.457 e. The highest BCUT2D eigenvalue weighted by atomic mass is 32.2. The molecule has 0 aliphatic carbocycles. The van der Waals surface area contributed by atoms with Gasteiger partial charge in [-0.05, 0) is 42.7 Å². The number of guanidine groups is 1. The van der Waals surface area contributed by atoms with Crippen molar-refractivity contribution in [3.8, 4) is 11.5 Å². The zero-order valence-electron chi connectivity index (χ0n) is 12.7. The molecule has 4 nitrogen and oxygen atoms in total. The summed E-state index contributed by atoms with van der Waals surface area (Å²) in [7, 11) is 0. The molecule has 5 heteroatoms. The normalized spacial score (nSPS) is 11.2. The Bertz CT molecular complexity index is 602. The summed E-state index contributed by atoms with van der Waals surface area (Å²) in [5, 5.41) is 3.09. The fourth-order valence-corrected chi connectivity index (χ4v) is 2.28. The average Bonchev–Trinajstić information content (AvgIpc) is 2.53. The van der Waals surface area contributed by atoms with Crippen molar-refractivity contribution in [3.63, 3.8) is 0 Å². The lowest BCUT2D eigenvalue weighted by molar-refractivity contribution is 0.483. The van der Waals surface area contributed by atoms with E-state index in [9.17, 15) is 0 Å². The molecule has 0 saturated heterocycles. The van der Waals surface area contributed by atoms with Crippen LogP contribution in [-0.4, -0.2) is 24.5 Å². The molecule has 2 aromatic carbocycles.